The number of hydrogen-bond acceptors (Lipinski definition) is 7. The van der Waals surface area contributed by atoms with Gasteiger partial charge < -0.3 is 5.73 Å². The number of aryl methyl sites for hydroxylation is 1. The van der Waals surface area contributed by atoms with Crippen LogP contribution in [0.3, 0.4) is 0 Å². The van der Waals surface area contributed by atoms with Crippen molar-refractivity contribution in [3.05, 3.63) is 54.1 Å². The molecule has 1 aromatic heterocycles. The maximum Gasteiger partial charge on any atom is 0.243 e. The Hall–Kier alpha value is -2.62. The number of azo groups is 1. The molecule has 0 aliphatic carbocycles. The van der Waals surface area contributed by atoms with Crippen LogP contribution in [0.1, 0.15) is 24.8 Å². The summed E-state index contributed by atoms with van der Waals surface area (Å²) in [7, 11) is -3.47. The van der Waals surface area contributed by atoms with Gasteiger partial charge in [0.1, 0.15) is 5.69 Å². The van der Waals surface area contributed by atoms with E-state index in [0.29, 0.717) is 33.8 Å². The first-order chi connectivity index (χ1) is 14.4. The summed E-state index contributed by atoms with van der Waals surface area (Å²) < 4.78 is 27.3. The van der Waals surface area contributed by atoms with E-state index < -0.39 is 10.0 Å². The molecule has 3 aromatic rings. The van der Waals surface area contributed by atoms with Gasteiger partial charge in [0.05, 0.1) is 10.6 Å². The van der Waals surface area contributed by atoms with Gasteiger partial charge in [-0.25, -0.2) is 13.4 Å². The maximum absolute atomic E-state index is 12.8. The summed E-state index contributed by atoms with van der Waals surface area (Å²) in [5.74, 6) is 0. The van der Waals surface area contributed by atoms with Crippen molar-refractivity contribution in [1.29, 1.82) is 0 Å². The largest absolute Gasteiger partial charge is 0.375 e. The number of hydrogen-bond donors (Lipinski definition) is 1. The maximum atomic E-state index is 12.8. The van der Waals surface area contributed by atoms with E-state index >= 15 is 0 Å². The number of nitrogens with two attached hydrogens (primary N) is 1. The Morgan fingerprint density at radius 1 is 0.967 bits per heavy atom. The van der Waals surface area contributed by atoms with Crippen LogP contribution >= 0.6 is 11.3 Å². The standard InChI is InChI=1S/C21H23N5O2S2/c1-15-5-9-17(10-6-15)24-25-20-19(23-21(22)29-20)16-7-11-18(12-8-16)30(27,28)26-13-3-2-4-14-26/h5-12H,2-4,13-14H2,1H3,(H2,22,23). The van der Waals surface area contributed by atoms with Crippen LogP contribution in [0.2, 0.25) is 0 Å². The fourth-order valence-electron chi connectivity index (χ4n) is 3.34. The molecule has 1 aliphatic rings. The average Bonchev–Trinajstić information content (AvgIpc) is 3.14. The molecule has 1 saturated heterocycles. The SMILES string of the molecule is Cc1ccc(N=Nc2sc(N)nc2-c2ccc(S(=O)(=O)N3CCCCC3)cc2)cc1. The Kier molecular flexibility index (Phi) is 5.94. The molecule has 0 bridgehead atoms. The fourth-order valence-corrected chi connectivity index (χ4v) is 5.53. The van der Waals surface area contributed by atoms with Crippen LogP contribution < -0.4 is 5.73 Å². The Balaban J connectivity index is 1.59. The molecule has 2 aromatic carbocycles. The third kappa shape index (κ3) is 4.43. The zero-order chi connectivity index (χ0) is 21.1. The molecule has 2 heterocycles. The van der Waals surface area contributed by atoms with Crippen LogP contribution in [-0.4, -0.2) is 30.8 Å². The van der Waals surface area contributed by atoms with E-state index in [1.54, 1.807) is 28.6 Å². The van der Waals surface area contributed by atoms with Crippen molar-refractivity contribution in [2.24, 2.45) is 10.2 Å². The van der Waals surface area contributed by atoms with Crippen molar-refractivity contribution in [1.82, 2.24) is 9.29 Å². The van der Waals surface area contributed by atoms with Crippen LogP contribution in [0.25, 0.3) is 11.3 Å². The number of rotatable bonds is 5. The van der Waals surface area contributed by atoms with E-state index in [9.17, 15) is 8.42 Å². The number of benzene rings is 2. The van der Waals surface area contributed by atoms with Gasteiger partial charge in [-0.1, -0.05) is 47.6 Å². The van der Waals surface area contributed by atoms with Crippen LogP contribution in [0.4, 0.5) is 15.8 Å². The van der Waals surface area contributed by atoms with Gasteiger partial charge in [-0.2, -0.15) is 4.31 Å². The quantitative estimate of drug-likeness (QED) is 0.543. The van der Waals surface area contributed by atoms with Gasteiger partial charge in [0.2, 0.25) is 10.0 Å². The lowest BCUT2D eigenvalue weighted by molar-refractivity contribution is 0.346. The predicted octanol–water partition coefficient (Wildman–Crippen LogP) is 5.29. The van der Waals surface area contributed by atoms with E-state index in [2.05, 4.69) is 15.2 Å². The lowest BCUT2D eigenvalue weighted by Gasteiger charge is -2.25. The van der Waals surface area contributed by atoms with E-state index in [1.807, 2.05) is 31.2 Å². The molecule has 7 nitrogen and oxygen atoms in total. The topological polar surface area (TPSA) is 101 Å². The van der Waals surface area contributed by atoms with Crippen molar-refractivity contribution in [2.45, 2.75) is 31.1 Å². The lowest BCUT2D eigenvalue weighted by atomic mass is 10.2. The van der Waals surface area contributed by atoms with E-state index in [0.717, 1.165) is 36.1 Å². The first-order valence-electron chi connectivity index (χ1n) is 9.79. The van der Waals surface area contributed by atoms with Gasteiger partial charge in [-0.15, -0.1) is 10.2 Å². The van der Waals surface area contributed by atoms with Crippen molar-refractivity contribution in [2.75, 3.05) is 18.8 Å². The second kappa shape index (κ2) is 8.63. The summed E-state index contributed by atoms with van der Waals surface area (Å²) in [6.45, 7) is 3.17. The molecule has 0 unspecified atom stereocenters. The fraction of sp³-hybridized carbons (Fsp3) is 0.286. The minimum atomic E-state index is -3.47. The summed E-state index contributed by atoms with van der Waals surface area (Å²) in [6, 6.07) is 14.5. The summed E-state index contributed by atoms with van der Waals surface area (Å²) in [4.78, 5) is 4.66. The molecule has 156 valence electrons. The molecule has 0 radical (unpaired) electrons. The first-order valence-corrected chi connectivity index (χ1v) is 12.0. The average molecular weight is 442 g/mol. The minimum absolute atomic E-state index is 0.291. The van der Waals surface area contributed by atoms with Crippen LogP contribution in [-0.2, 0) is 10.0 Å². The molecule has 1 aliphatic heterocycles. The lowest BCUT2D eigenvalue weighted by Crippen LogP contribution is -2.35. The molecule has 0 amide bonds. The predicted molar refractivity (Wildman–Crippen MR) is 120 cm³/mol. The summed E-state index contributed by atoms with van der Waals surface area (Å²) >= 11 is 1.24. The van der Waals surface area contributed by atoms with Crippen molar-refractivity contribution >= 4 is 37.2 Å². The van der Waals surface area contributed by atoms with Gasteiger partial charge in [-0.05, 0) is 44.0 Å². The third-order valence-electron chi connectivity index (χ3n) is 5.00. The number of sulfonamides is 1. The molecule has 1 fully saturated rings. The van der Waals surface area contributed by atoms with Crippen molar-refractivity contribution < 1.29 is 8.42 Å². The molecule has 0 atom stereocenters. The molecular formula is C21H23N5O2S2. The summed E-state index contributed by atoms with van der Waals surface area (Å²) in [5.41, 5.74) is 9.13. The highest BCUT2D eigenvalue weighted by atomic mass is 32.2. The Labute approximate surface area is 180 Å². The molecular weight excluding hydrogens is 418 g/mol. The number of piperidine rings is 1. The van der Waals surface area contributed by atoms with Gasteiger partial charge in [-0.3, -0.25) is 0 Å². The molecule has 9 heteroatoms. The molecule has 4 rings (SSSR count). The van der Waals surface area contributed by atoms with Gasteiger partial charge in [0.25, 0.3) is 0 Å². The second-order valence-corrected chi connectivity index (χ2v) is 10.2. The third-order valence-corrected chi connectivity index (χ3v) is 7.68. The highest BCUT2D eigenvalue weighted by Gasteiger charge is 2.26. The Morgan fingerprint density at radius 3 is 2.30 bits per heavy atom. The van der Waals surface area contributed by atoms with Gasteiger partial charge >= 0.3 is 0 Å². The number of nitrogen functional groups attached to an aromatic ring is 1. The minimum Gasteiger partial charge on any atom is -0.375 e. The van der Waals surface area contributed by atoms with Crippen LogP contribution in [0.5, 0.6) is 0 Å². The second-order valence-electron chi connectivity index (χ2n) is 7.23. The number of aromatic nitrogens is 1. The van der Waals surface area contributed by atoms with Crippen molar-refractivity contribution in [3.8, 4) is 11.3 Å². The van der Waals surface area contributed by atoms with E-state index in [-0.39, 0.29) is 0 Å². The number of thiazole rings is 1. The molecule has 0 spiro atoms. The highest BCUT2D eigenvalue weighted by molar-refractivity contribution is 7.89. The van der Waals surface area contributed by atoms with E-state index in [4.69, 9.17) is 5.73 Å². The monoisotopic (exact) mass is 441 g/mol. The normalized spacial score (nSPS) is 15.6. The zero-order valence-electron chi connectivity index (χ0n) is 16.7. The van der Waals surface area contributed by atoms with E-state index in [1.165, 1.54) is 11.3 Å². The Bertz CT molecular complexity index is 1150. The van der Waals surface area contributed by atoms with Gasteiger partial charge in [0.15, 0.2) is 10.1 Å². The highest BCUT2D eigenvalue weighted by Crippen LogP contribution is 2.38. The molecule has 2 N–H and O–H groups in total. The summed E-state index contributed by atoms with van der Waals surface area (Å²) in [6.07, 6.45) is 2.89. The van der Waals surface area contributed by atoms with Gasteiger partial charge in [0, 0.05) is 18.7 Å². The smallest absolute Gasteiger partial charge is 0.243 e. The zero-order valence-corrected chi connectivity index (χ0v) is 18.3. The van der Waals surface area contributed by atoms with Crippen LogP contribution in [0, 0.1) is 6.92 Å². The number of anilines is 1. The van der Waals surface area contributed by atoms with Crippen molar-refractivity contribution in [3.63, 3.8) is 0 Å². The first kappa shape index (κ1) is 20.6. The molecule has 30 heavy (non-hydrogen) atoms. The number of nitrogens with zero attached hydrogens (tertiary/aromatic N) is 4. The Morgan fingerprint density at radius 2 is 1.63 bits per heavy atom. The molecule has 0 saturated carbocycles. The summed E-state index contributed by atoms with van der Waals surface area (Å²) in [5, 5.41) is 9.56. The van der Waals surface area contributed by atoms with Crippen LogP contribution in [0.15, 0.2) is 63.7 Å².